The molecule has 3 aromatic heterocycles. The predicted octanol–water partition coefficient (Wildman–Crippen LogP) is 13.2. The molecule has 0 bridgehead atoms. The molecule has 5 nitrogen and oxygen atoms in total. The lowest BCUT2D eigenvalue weighted by Gasteiger charge is -2.15. The van der Waals surface area contributed by atoms with Crippen molar-refractivity contribution in [1.29, 1.82) is 0 Å². The average molecular weight is 717 g/mol. The summed E-state index contributed by atoms with van der Waals surface area (Å²) < 4.78 is 9.02. The largest absolute Gasteiger partial charge is 0.455 e. The highest BCUT2D eigenvalue weighted by atomic mass is 16.3. The zero-order valence-corrected chi connectivity index (χ0v) is 30.2. The van der Waals surface area contributed by atoms with Crippen LogP contribution in [0.3, 0.4) is 0 Å². The van der Waals surface area contributed by atoms with Gasteiger partial charge in [-0.15, -0.1) is 0 Å². The number of aromatic nitrogens is 4. The molecule has 8 aromatic carbocycles. The number of benzene rings is 8. The van der Waals surface area contributed by atoms with E-state index < -0.39 is 0 Å². The van der Waals surface area contributed by atoms with Crippen molar-refractivity contribution in [3.05, 3.63) is 194 Å². The van der Waals surface area contributed by atoms with E-state index in [4.69, 9.17) is 19.4 Å². The van der Waals surface area contributed by atoms with Gasteiger partial charge in [0.2, 0.25) is 0 Å². The van der Waals surface area contributed by atoms with Gasteiger partial charge < -0.3 is 8.98 Å². The van der Waals surface area contributed by atoms with Crippen LogP contribution in [-0.4, -0.2) is 19.5 Å². The third kappa shape index (κ3) is 5.29. The molecule has 0 spiro atoms. The molecule has 0 radical (unpaired) electrons. The molecule has 0 unspecified atom stereocenters. The third-order valence-corrected chi connectivity index (χ3v) is 10.7. The predicted molar refractivity (Wildman–Crippen MR) is 229 cm³/mol. The van der Waals surface area contributed by atoms with Crippen LogP contribution in [-0.2, 0) is 0 Å². The Morgan fingerprint density at radius 3 is 1.61 bits per heavy atom. The van der Waals surface area contributed by atoms with Gasteiger partial charge in [-0.3, -0.25) is 0 Å². The number of hydrogen-bond donors (Lipinski definition) is 0. The molecule has 3 heterocycles. The van der Waals surface area contributed by atoms with Gasteiger partial charge in [0, 0.05) is 32.8 Å². The Balaban J connectivity index is 1.16. The molecule has 5 heteroatoms. The minimum Gasteiger partial charge on any atom is -0.455 e. The van der Waals surface area contributed by atoms with E-state index in [2.05, 4.69) is 150 Å². The summed E-state index contributed by atoms with van der Waals surface area (Å²) in [5.74, 6) is 1.82. The smallest absolute Gasteiger partial charge is 0.166 e. The zero-order valence-electron chi connectivity index (χ0n) is 30.2. The molecule has 11 aromatic rings. The lowest BCUT2D eigenvalue weighted by Crippen LogP contribution is -2.03. The molecule has 0 N–H and O–H groups in total. The van der Waals surface area contributed by atoms with Crippen LogP contribution < -0.4 is 0 Å². The fourth-order valence-corrected chi connectivity index (χ4v) is 7.99. The third-order valence-electron chi connectivity index (χ3n) is 10.7. The summed E-state index contributed by atoms with van der Waals surface area (Å²) >= 11 is 0. The molecule has 262 valence electrons. The summed E-state index contributed by atoms with van der Waals surface area (Å²) in [6, 6.07) is 67.3. The minimum absolute atomic E-state index is 0.593. The molecule has 0 aliphatic rings. The highest BCUT2D eigenvalue weighted by molar-refractivity contribution is 6.24. The van der Waals surface area contributed by atoms with Crippen molar-refractivity contribution in [3.63, 3.8) is 0 Å². The van der Waals surface area contributed by atoms with Crippen molar-refractivity contribution in [3.8, 4) is 62.1 Å². The van der Waals surface area contributed by atoms with Crippen molar-refractivity contribution in [1.82, 2.24) is 19.5 Å². The summed E-state index contributed by atoms with van der Waals surface area (Å²) in [5, 5.41) is 4.39. The van der Waals surface area contributed by atoms with E-state index in [9.17, 15) is 0 Å². The number of para-hydroxylation sites is 2. The standard InChI is InChI=1S/C51H32N4O/c1-4-14-33(15-5-1)35-24-26-37(27-25-35)50-52-49(36-18-8-3-9-19-36)53-51(54-50)42-21-10-12-22-43(42)55-44-31-30-40-39-20-11-13-23-46(39)56-48(40)47(44)41-29-28-38(32-45(41)55)34-16-6-2-7-17-34/h1-32H. The van der Waals surface area contributed by atoms with Crippen LogP contribution in [0.1, 0.15) is 0 Å². The van der Waals surface area contributed by atoms with Gasteiger partial charge >= 0.3 is 0 Å². The summed E-state index contributed by atoms with van der Waals surface area (Å²) in [6.45, 7) is 0. The topological polar surface area (TPSA) is 56.7 Å². The fourth-order valence-electron chi connectivity index (χ4n) is 7.99. The average Bonchev–Trinajstić information content (AvgIpc) is 3.83. The van der Waals surface area contributed by atoms with Crippen molar-refractivity contribution in [2.75, 3.05) is 0 Å². The Labute approximate surface area is 322 Å². The summed E-state index contributed by atoms with van der Waals surface area (Å²) in [5.41, 5.74) is 12.1. The van der Waals surface area contributed by atoms with Crippen LogP contribution in [0.2, 0.25) is 0 Å². The van der Waals surface area contributed by atoms with Crippen LogP contribution in [0, 0.1) is 0 Å². The van der Waals surface area contributed by atoms with Gasteiger partial charge in [-0.2, -0.15) is 0 Å². The van der Waals surface area contributed by atoms with E-state index >= 15 is 0 Å². The van der Waals surface area contributed by atoms with Crippen LogP contribution in [0.4, 0.5) is 0 Å². The van der Waals surface area contributed by atoms with Gasteiger partial charge in [0.1, 0.15) is 11.2 Å². The van der Waals surface area contributed by atoms with E-state index in [-0.39, 0.29) is 0 Å². The SMILES string of the molecule is c1ccc(-c2ccc(-c3nc(-c4ccccc4)nc(-c4ccccc4-n4c5cc(-c6ccccc6)ccc5c5c6oc7ccccc7c6ccc54)n3)cc2)cc1. The highest BCUT2D eigenvalue weighted by Gasteiger charge is 2.22. The Bertz CT molecular complexity index is 3220. The van der Waals surface area contributed by atoms with Gasteiger partial charge in [0.05, 0.1) is 22.1 Å². The maximum Gasteiger partial charge on any atom is 0.166 e. The molecular formula is C51H32N4O. The molecule has 11 rings (SSSR count). The number of fused-ring (bicyclic) bond motifs is 7. The van der Waals surface area contributed by atoms with Gasteiger partial charge in [0.15, 0.2) is 17.5 Å². The normalized spacial score (nSPS) is 11.6. The molecule has 0 aliphatic heterocycles. The van der Waals surface area contributed by atoms with Crippen LogP contribution in [0.25, 0.3) is 106 Å². The molecule has 0 aliphatic carbocycles. The van der Waals surface area contributed by atoms with E-state index in [0.29, 0.717) is 17.5 Å². The van der Waals surface area contributed by atoms with E-state index in [1.807, 2.05) is 48.5 Å². The van der Waals surface area contributed by atoms with Gasteiger partial charge in [-0.25, -0.2) is 15.0 Å². The monoisotopic (exact) mass is 716 g/mol. The second-order valence-electron chi connectivity index (χ2n) is 14.0. The van der Waals surface area contributed by atoms with E-state index in [1.54, 1.807) is 0 Å². The lowest BCUT2D eigenvalue weighted by molar-refractivity contribution is 0.673. The zero-order chi connectivity index (χ0) is 37.0. The van der Waals surface area contributed by atoms with Crippen molar-refractivity contribution < 1.29 is 4.42 Å². The van der Waals surface area contributed by atoms with E-state index in [1.165, 1.54) is 0 Å². The second kappa shape index (κ2) is 13.0. The van der Waals surface area contributed by atoms with Gasteiger partial charge in [0.25, 0.3) is 0 Å². The number of nitrogens with zero attached hydrogens (tertiary/aromatic N) is 4. The molecule has 56 heavy (non-hydrogen) atoms. The van der Waals surface area contributed by atoms with Crippen molar-refractivity contribution >= 4 is 43.7 Å². The lowest BCUT2D eigenvalue weighted by atomic mass is 10.0. The molecule has 0 saturated carbocycles. The Morgan fingerprint density at radius 1 is 0.357 bits per heavy atom. The number of rotatable bonds is 6. The van der Waals surface area contributed by atoms with Crippen LogP contribution in [0.5, 0.6) is 0 Å². The Morgan fingerprint density at radius 2 is 0.875 bits per heavy atom. The molecule has 0 amide bonds. The first-order valence-electron chi connectivity index (χ1n) is 18.8. The van der Waals surface area contributed by atoms with Crippen LogP contribution >= 0.6 is 0 Å². The summed E-state index contributed by atoms with van der Waals surface area (Å²) in [7, 11) is 0. The number of hydrogen-bond acceptors (Lipinski definition) is 4. The first-order valence-corrected chi connectivity index (χ1v) is 18.8. The summed E-state index contributed by atoms with van der Waals surface area (Å²) in [4.78, 5) is 15.5. The molecule has 0 fully saturated rings. The number of furan rings is 1. The Hall–Kier alpha value is -7.63. The van der Waals surface area contributed by atoms with Crippen LogP contribution in [0.15, 0.2) is 199 Å². The quantitative estimate of drug-likeness (QED) is 0.172. The molecular weight excluding hydrogens is 685 g/mol. The Kier molecular flexibility index (Phi) is 7.42. The minimum atomic E-state index is 0.593. The second-order valence-corrected chi connectivity index (χ2v) is 14.0. The van der Waals surface area contributed by atoms with Gasteiger partial charge in [-0.05, 0) is 58.7 Å². The molecule has 0 saturated heterocycles. The first kappa shape index (κ1) is 31.9. The fraction of sp³-hybridized carbons (Fsp3) is 0. The maximum absolute atomic E-state index is 6.67. The van der Waals surface area contributed by atoms with Gasteiger partial charge in [-0.1, -0.05) is 158 Å². The first-order chi connectivity index (χ1) is 27.8. The van der Waals surface area contributed by atoms with Crippen molar-refractivity contribution in [2.45, 2.75) is 0 Å². The van der Waals surface area contributed by atoms with E-state index in [0.717, 1.165) is 88.4 Å². The van der Waals surface area contributed by atoms with Crippen molar-refractivity contribution in [2.24, 2.45) is 0 Å². The summed E-state index contributed by atoms with van der Waals surface area (Å²) in [6.07, 6.45) is 0. The maximum atomic E-state index is 6.67. The highest BCUT2D eigenvalue weighted by Crippen LogP contribution is 2.43. The molecule has 0 atom stereocenters.